The first-order valence-electron chi connectivity index (χ1n) is 19.9. The summed E-state index contributed by atoms with van der Waals surface area (Å²) in [7, 11) is 0. The molecule has 1 heterocycles. The Balaban J connectivity index is 1.07. The van der Waals surface area contributed by atoms with Gasteiger partial charge in [0.1, 0.15) is 0 Å². The fourth-order valence-corrected chi connectivity index (χ4v) is 10.5. The molecule has 2 heteroatoms. The molecule has 12 rings (SSSR count). The molecule has 11 aromatic carbocycles. The number of thiophene rings is 1. The van der Waals surface area contributed by atoms with Crippen LogP contribution in [0.25, 0.3) is 96.3 Å². The second-order valence-electron chi connectivity index (χ2n) is 15.3. The summed E-state index contributed by atoms with van der Waals surface area (Å²) in [5, 5.41) is 15.2. The van der Waals surface area contributed by atoms with E-state index < -0.39 is 0 Å². The van der Waals surface area contributed by atoms with Crippen molar-refractivity contribution in [3.8, 4) is 22.3 Å². The average molecular weight is 754 g/mol. The zero-order valence-electron chi connectivity index (χ0n) is 31.6. The van der Waals surface area contributed by atoms with E-state index in [0.29, 0.717) is 0 Å². The van der Waals surface area contributed by atoms with E-state index in [2.05, 4.69) is 217 Å². The topological polar surface area (TPSA) is 3.24 Å². The highest BCUT2D eigenvalue weighted by Gasteiger charge is 2.20. The summed E-state index contributed by atoms with van der Waals surface area (Å²) in [6.07, 6.45) is 0. The number of hydrogen-bond donors (Lipinski definition) is 0. The summed E-state index contributed by atoms with van der Waals surface area (Å²) < 4.78 is 2.63. The van der Waals surface area contributed by atoms with Crippen molar-refractivity contribution in [3.63, 3.8) is 0 Å². The smallest absolute Gasteiger partial charge is 0.0554 e. The summed E-state index contributed by atoms with van der Waals surface area (Å²) in [6.45, 7) is 0. The van der Waals surface area contributed by atoms with Crippen LogP contribution in [0, 0.1) is 0 Å². The quantitative estimate of drug-likeness (QED) is 0.158. The molecule has 1 nitrogen and oxygen atoms in total. The van der Waals surface area contributed by atoms with Gasteiger partial charge in [-0.2, -0.15) is 0 Å². The lowest BCUT2D eigenvalue weighted by atomic mass is 9.90. The average Bonchev–Trinajstić information content (AvgIpc) is 3.68. The molecule has 0 aliphatic heterocycles. The van der Waals surface area contributed by atoms with Gasteiger partial charge in [-0.1, -0.05) is 164 Å². The first-order valence-corrected chi connectivity index (χ1v) is 20.7. The molecule has 0 bridgehead atoms. The minimum Gasteiger partial charge on any atom is -0.310 e. The fourth-order valence-electron chi connectivity index (χ4n) is 9.24. The van der Waals surface area contributed by atoms with Crippen LogP contribution in [0.1, 0.15) is 0 Å². The molecule has 0 aliphatic rings. The Morgan fingerprint density at radius 2 is 0.931 bits per heavy atom. The molecule has 0 amide bonds. The van der Waals surface area contributed by atoms with Crippen LogP contribution >= 0.6 is 11.3 Å². The number of hydrogen-bond acceptors (Lipinski definition) is 2. The van der Waals surface area contributed by atoms with E-state index in [0.717, 1.165) is 11.4 Å². The molecule has 0 unspecified atom stereocenters. The van der Waals surface area contributed by atoms with Crippen LogP contribution < -0.4 is 4.90 Å². The van der Waals surface area contributed by atoms with Crippen molar-refractivity contribution in [1.29, 1.82) is 0 Å². The number of benzene rings is 11. The van der Waals surface area contributed by atoms with Gasteiger partial charge in [-0.3, -0.25) is 0 Å². The minimum absolute atomic E-state index is 1.12. The van der Waals surface area contributed by atoms with Crippen molar-refractivity contribution >= 4 is 102 Å². The zero-order valence-corrected chi connectivity index (χ0v) is 32.4. The number of fused-ring (bicyclic) bond motifs is 10. The van der Waals surface area contributed by atoms with E-state index in [-0.39, 0.29) is 0 Å². The van der Waals surface area contributed by atoms with E-state index in [4.69, 9.17) is 0 Å². The third-order valence-electron chi connectivity index (χ3n) is 12.0. The van der Waals surface area contributed by atoms with Gasteiger partial charge in [0.15, 0.2) is 0 Å². The Labute approximate surface area is 340 Å². The van der Waals surface area contributed by atoms with E-state index in [1.54, 1.807) is 0 Å². The molecular formula is C56H35NS. The molecule has 1 aromatic heterocycles. The van der Waals surface area contributed by atoms with Crippen LogP contribution in [-0.2, 0) is 0 Å². The van der Waals surface area contributed by atoms with Crippen LogP contribution in [0.2, 0.25) is 0 Å². The highest BCUT2D eigenvalue weighted by Crippen LogP contribution is 2.47. The van der Waals surface area contributed by atoms with Gasteiger partial charge in [0.25, 0.3) is 0 Å². The Morgan fingerprint density at radius 1 is 0.310 bits per heavy atom. The van der Waals surface area contributed by atoms with Gasteiger partial charge in [-0.05, 0) is 119 Å². The third kappa shape index (κ3) is 5.23. The first-order chi connectivity index (χ1) is 28.7. The van der Waals surface area contributed by atoms with Crippen molar-refractivity contribution < 1.29 is 0 Å². The zero-order chi connectivity index (χ0) is 38.2. The Hall–Kier alpha value is -7.26. The molecule has 0 N–H and O–H groups in total. The van der Waals surface area contributed by atoms with Crippen molar-refractivity contribution in [2.75, 3.05) is 4.90 Å². The third-order valence-corrected chi connectivity index (χ3v) is 13.2. The molecule has 0 fully saturated rings. The second-order valence-corrected chi connectivity index (χ2v) is 16.3. The minimum atomic E-state index is 1.12. The van der Waals surface area contributed by atoms with Crippen molar-refractivity contribution in [2.24, 2.45) is 0 Å². The normalized spacial score (nSPS) is 11.8. The molecule has 270 valence electrons. The monoisotopic (exact) mass is 753 g/mol. The lowest BCUT2D eigenvalue weighted by Crippen LogP contribution is -2.10. The van der Waals surface area contributed by atoms with Gasteiger partial charge in [0, 0.05) is 36.9 Å². The van der Waals surface area contributed by atoms with Crippen LogP contribution in [0.5, 0.6) is 0 Å². The van der Waals surface area contributed by atoms with Gasteiger partial charge in [-0.15, -0.1) is 11.3 Å². The van der Waals surface area contributed by atoms with Crippen LogP contribution in [0.4, 0.5) is 17.1 Å². The van der Waals surface area contributed by atoms with Crippen LogP contribution in [0.3, 0.4) is 0 Å². The van der Waals surface area contributed by atoms with E-state index >= 15 is 0 Å². The Kier molecular flexibility index (Phi) is 7.47. The summed E-state index contributed by atoms with van der Waals surface area (Å²) >= 11 is 1.89. The van der Waals surface area contributed by atoms with Gasteiger partial charge in [0.05, 0.1) is 5.69 Å². The number of nitrogens with zero attached hydrogens (tertiary/aromatic N) is 1. The maximum Gasteiger partial charge on any atom is 0.0554 e. The molecule has 0 radical (unpaired) electrons. The first kappa shape index (κ1) is 32.9. The molecule has 0 saturated heterocycles. The maximum absolute atomic E-state index is 2.47. The van der Waals surface area contributed by atoms with Crippen LogP contribution in [-0.4, -0.2) is 0 Å². The molecular weight excluding hydrogens is 719 g/mol. The van der Waals surface area contributed by atoms with E-state index in [1.807, 2.05) is 11.3 Å². The van der Waals surface area contributed by atoms with Crippen molar-refractivity contribution in [3.05, 3.63) is 212 Å². The van der Waals surface area contributed by atoms with Crippen LogP contribution in [0.15, 0.2) is 212 Å². The highest BCUT2D eigenvalue weighted by molar-refractivity contribution is 7.26. The molecule has 58 heavy (non-hydrogen) atoms. The van der Waals surface area contributed by atoms with Gasteiger partial charge < -0.3 is 4.90 Å². The maximum atomic E-state index is 2.47. The highest BCUT2D eigenvalue weighted by atomic mass is 32.1. The molecule has 0 aliphatic carbocycles. The summed E-state index contributed by atoms with van der Waals surface area (Å²) in [5.74, 6) is 0. The van der Waals surface area contributed by atoms with Gasteiger partial charge in [0.2, 0.25) is 0 Å². The predicted molar refractivity (Wildman–Crippen MR) is 252 cm³/mol. The number of rotatable bonds is 5. The van der Waals surface area contributed by atoms with Crippen molar-refractivity contribution in [1.82, 2.24) is 0 Å². The Bertz CT molecular complexity index is 3580. The standard InChI is InChI=1S/C56H35NS/c1-2-12-39-33-40(24-23-36(39)11-1)37-25-28-43(29-26-37)57(53-21-10-14-38-27-31-51-50-19-7-8-22-54(50)58-56(51)55(38)53)44-30-32-46-41(34-44)15-9-20-48(46)52-35-42-13-3-4-16-45(42)47-17-5-6-18-49(47)52/h1-35H. The van der Waals surface area contributed by atoms with E-state index in [1.165, 1.54) is 102 Å². The summed E-state index contributed by atoms with van der Waals surface area (Å²) in [5.41, 5.74) is 8.33. The molecule has 12 aromatic rings. The summed E-state index contributed by atoms with van der Waals surface area (Å²) in [6, 6.07) is 78.3. The lowest BCUT2D eigenvalue weighted by molar-refractivity contribution is 1.31. The SMILES string of the molecule is c1ccc2cc(-c3ccc(N(c4ccc5c(-c6cc7ccccc7c7ccccc67)cccc5c4)c4cccc5ccc6c7ccccc7sc6c45)cc3)ccc2c1. The summed E-state index contributed by atoms with van der Waals surface area (Å²) in [4.78, 5) is 2.47. The molecule has 0 atom stereocenters. The van der Waals surface area contributed by atoms with Gasteiger partial charge in [-0.25, -0.2) is 0 Å². The molecule has 0 spiro atoms. The molecule has 0 saturated carbocycles. The number of anilines is 3. The second kappa shape index (κ2) is 13.2. The fraction of sp³-hybridized carbons (Fsp3) is 0. The van der Waals surface area contributed by atoms with Gasteiger partial charge >= 0.3 is 0 Å². The predicted octanol–water partition coefficient (Wildman–Crippen LogP) is 16.6. The largest absolute Gasteiger partial charge is 0.310 e. The lowest BCUT2D eigenvalue weighted by Gasteiger charge is -2.28. The van der Waals surface area contributed by atoms with Crippen molar-refractivity contribution in [2.45, 2.75) is 0 Å². The van der Waals surface area contributed by atoms with E-state index in [9.17, 15) is 0 Å². The Morgan fingerprint density at radius 3 is 1.81 bits per heavy atom.